The van der Waals surface area contributed by atoms with Crippen LogP contribution in [0.5, 0.6) is 0 Å². The van der Waals surface area contributed by atoms with Crippen LogP contribution in [0, 0.1) is 0 Å². The quantitative estimate of drug-likeness (QED) is 0.301. The Bertz CT molecular complexity index is 139. The molecule has 0 bridgehead atoms. The molecular formula is C6H10BBrFNO2. The average Bonchev–Trinajstić information content (AvgIpc) is 2.01. The van der Waals surface area contributed by atoms with Crippen molar-refractivity contribution >= 4 is 30.2 Å². The number of nitrogens with zero attached hydrogens (tertiary/aromatic N) is 1. The Hall–Kier alpha value is -0.0951. The molecule has 0 amide bonds. The second kappa shape index (κ2) is 7.55. The van der Waals surface area contributed by atoms with Gasteiger partial charge in [0.1, 0.15) is 13.3 Å². The Morgan fingerprint density at radius 2 is 2.42 bits per heavy atom. The van der Waals surface area contributed by atoms with E-state index in [-0.39, 0.29) is 17.9 Å². The first-order valence-electron chi connectivity index (χ1n) is 3.37. The molecule has 0 saturated heterocycles. The van der Waals surface area contributed by atoms with Crippen LogP contribution in [0.25, 0.3) is 0 Å². The molecule has 0 N–H and O–H groups in total. The number of rotatable bonds is 6. The first-order chi connectivity index (χ1) is 5.70. The summed E-state index contributed by atoms with van der Waals surface area (Å²) in [6.07, 6.45) is 0.193. The predicted octanol–water partition coefficient (Wildman–Crippen LogP) is 1.21. The molecule has 2 radical (unpaired) electrons. The van der Waals surface area contributed by atoms with Crippen molar-refractivity contribution in [3.05, 3.63) is 0 Å². The monoisotopic (exact) mass is 237 g/mol. The maximum atomic E-state index is 12.8. The van der Waals surface area contributed by atoms with Gasteiger partial charge in [0.05, 0.1) is 6.21 Å². The minimum absolute atomic E-state index is 0.110. The molecule has 0 spiro atoms. The van der Waals surface area contributed by atoms with Gasteiger partial charge in [-0.15, -0.1) is 0 Å². The van der Waals surface area contributed by atoms with Crippen LogP contribution in [0.3, 0.4) is 0 Å². The first-order valence-corrected chi connectivity index (χ1v) is 4.28. The number of oxime groups is 1. The van der Waals surface area contributed by atoms with Gasteiger partial charge >= 0.3 is 0 Å². The average molecular weight is 238 g/mol. The molecule has 3 nitrogen and oxygen atoms in total. The molecule has 0 heterocycles. The van der Waals surface area contributed by atoms with Crippen molar-refractivity contribution in [3.8, 4) is 0 Å². The highest BCUT2D eigenvalue weighted by Gasteiger charge is 2.10. The molecule has 68 valence electrons. The molecule has 0 aliphatic rings. The standard InChI is InChI=1S/C6H10BBrFNO2/c1-11-10-3-6(9)2-5(8)4-12-7/h3,5-6H,2,4H2,1H3/b10-3-/t5-,6-/m0/s1. The van der Waals surface area contributed by atoms with Gasteiger partial charge in [0.15, 0.2) is 0 Å². The highest BCUT2D eigenvalue weighted by molar-refractivity contribution is 9.09. The fourth-order valence-electron chi connectivity index (χ4n) is 0.605. The summed E-state index contributed by atoms with van der Waals surface area (Å²) in [5.74, 6) is 0. The van der Waals surface area contributed by atoms with Crippen LogP contribution in [0.4, 0.5) is 4.39 Å². The van der Waals surface area contributed by atoms with E-state index in [1.165, 1.54) is 7.11 Å². The van der Waals surface area contributed by atoms with Gasteiger partial charge in [-0.2, -0.15) is 0 Å². The number of hydrogen-bond acceptors (Lipinski definition) is 3. The normalized spacial score (nSPS) is 16.2. The number of hydrogen-bond donors (Lipinski definition) is 0. The van der Waals surface area contributed by atoms with Crippen LogP contribution in [0.15, 0.2) is 5.16 Å². The largest absolute Gasteiger partial charge is 0.446 e. The van der Waals surface area contributed by atoms with E-state index in [0.29, 0.717) is 0 Å². The van der Waals surface area contributed by atoms with E-state index in [2.05, 4.69) is 30.6 Å². The second-order valence-corrected chi connectivity index (χ2v) is 3.41. The second-order valence-electron chi connectivity index (χ2n) is 2.12. The van der Waals surface area contributed by atoms with Gasteiger partial charge in [0, 0.05) is 11.4 Å². The minimum Gasteiger partial charge on any atom is -0.446 e. The lowest BCUT2D eigenvalue weighted by Crippen LogP contribution is -2.15. The van der Waals surface area contributed by atoms with Crippen LogP contribution in [0.2, 0.25) is 0 Å². The Labute approximate surface area is 80.9 Å². The molecule has 0 aromatic carbocycles. The maximum Gasteiger partial charge on any atom is 0.282 e. The molecule has 2 atom stereocenters. The van der Waals surface area contributed by atoms with E-state index in [1.54, 1.807) is 0 Å². The summed E-state index contributed by atoms with van der Waals surface area (Å²) >= 11 is 3.18. The molecule has 0 unspecified atom stereocenters. The zero-order chi connectivity index (χ0) is 9.40. The minimum atomic E-state index is -1.15. The van der Waals surface area contributed by atoms with Crippen molar-refractivity contribution in [2.75, 3.05) is 13.7 Å². The maximum absolute atomic E-state index is 12.8. The molecule has 0 saturated carbocycles. The van der Waals surface area contributed by atoms with Gasteiger partial charge in [-0.25, -0.2) is 4.39 Å². The van der Waals surface area contributed by atoms with Crippen LogP contribution in [-0.4, -0.2) is 39.0 Å². The third kappa shape index (κ3) is 6.60. The van der Waals surface area contributed by atoms with Gasteiger partial charge in [-0.05, 0) is 6.42 Å². The fraction of sp³-hybridized carbons (Fsp3) is 0.833. The van der Waals surface area contributed by atoms with E-state index < -0.39 is 6.17 Å². The molecule has 0 aliphatic heterocycles. The molecule has 0 fully saturated rings. The van der Waals surface area contributed by atoms with E-state index in [9.17, 15) is 4.39 Å². The lowest BCUT2D eigenvalue weighted by molar-refractivity contribution is 0.211. The number of halogens is 2. The lowest BCUT2D eigenvalue weighted by atomic mass is 10.2. The van der Waals surface area contributed by atoms with Crippen molar-refractivity contribution in [2.24, 2.45) is 5.16 Å². The summed E-state index contributed by atoms with van der Waals surface area (Å²) in [5, 5.41) is 3.29. The van der Waals surface area contributed by atoms with Gasteiger partial charge in [0.25, 0.3) is 8.05 Å². The van der Waals surface area contributed by atoms with E-state index in [4.69, 9.17) is 8.05 Å². The molecule has 0 aliphatic carbocycles. The fourth-order valence-corrected chi connectivity index (χ4v) is 1.11. The van der Waals surface area contributed by atoms with Gasteiger partial charge < -0.3 is 9.49 Å². The van der Waals surface area contributed by atoms with Crippen LogP contribution >= 0.6 is 15.9 Å². The van der Waals surface area contributed by atoms with Crippen molar-refractivity contribution in [2.45, 2.75) is 17.4 Å². The zero-order valence-electron chi connectivity index (χ0n) is 6.74. The molecule has 0 rings (SSSR count). The van der Waals surface area contributed by atoms with Crippen molar-refractivity contribution in [3.63, 3.8) is 0 Å². The highest BCUT2D eigenvalue weighted by Crippen LogP contribution is 2.09. The van der Waals surface area contributed by atoms with Gasteiger partial charge in [0.2, 0.25) is 0 Å². The Morgan fingerprint density at radius 1 is 1.75 bits per heavy atom. The topological polar surface area (TPSA) is 30.8 Å². The van der Waals surface area contributed by atoms with Crippen molar-refractivity contribution in [1.29, 1.82) is 0 Å². The van der Waals surface area contributed by atoms with Crippen LogP contribution in [0.1, 0.15) is 6.42 Å². The van der Waals surface area contributed by atoms with Crippen LogP contribution < -0.4 is 0 Å². The Balaban J connectivity index is 3.53. The molecule has 0 aromatic rings. The van der Waals surface area contributed by atoms with Gasteiger partial charge in [-0.1, -0.05) is 21.1 Å². The molecule has 12 heavy (non-hydrogen) atoms. The summed E-state index contributed by atoms with van der Waals surface area (Å²) in [6, 6.07) is 0. The molecule has 0 aromatic heterocycles. The summed E-state index contributed by atoms with van der Waals surface area (Å²) in [5.41, 5.74) is 0. The van der Waals surface area contributed by atoms with E-state index in [1.807, 2.05) is 0 Å². The summed E-state index contributed by atoms with van der Waals surface area (Å²) in [7, 11) is 6.15. The van der Waals surface area contributed by atoms with Crippen LogP contribution in [-0.2, 0) is 9.49 Å². The van der Waals surface area contributed by atoms with Crippen molar-refractivity contribution < 1.29 is 13.9 Å². The molecule has 6 heteroatoms. The third-order valence-electron chi connectivity index (χ3n) is 1.09. The smallest absolute Gasteiger partial charge is 0.282 e. The predicted molar refractivity (Wildman–Crippen MR) is 49.4 cm³/mol. The lowest BCUT2D eigenvalue weighted by Gasteiger charge is -2.08. The van der Waals surface area contributed by atoms with Gasteiger partial charge in [-0.3, -0.25) is 0 Å². The first kappa shape index (κ1) is 11.9. The summed E-state index contributed by atoms with van der Waals surface area (Å²) in [6.45, 7) is 0.265. The SMILES string of the molecule is [B]OC[C@@H](Br)C[C@H](F)/C=N\OC. The third-order valence-corrected chi connectivity index (χ3v) is 1.72. The van der Waals surface area contributed by atoms with E-state index >= 15 is 0 Å². The Kier molecular flexibility index (Phi) is 7.49. The van der Waals surface area contributed by atoms with E-state index in [0.717, 1.165) is 6.21 Å². The number of alkyl halides is 2. The highest BCUT2D eigenvalue weighted by atomic mass is 79.9. The summed E-state index contributed by atoms with van der Waals surface area (Å²) in [4.78, 5) is 4.20. The summed E-state index contributed by atoms with van der Waals surface area (Å²) < 4.78 is 17.1. The Morgan fingerprint density at radius 3 is 2.92 bits per heavy atom. The van der Waals surface area contributed by atoms with Crippen molar-refractivity contribution in [1.82, 2.24) is 0 Å². The zero-order valence-corrected chi connectivity index (χ0v) is 8.33. The molecular weight excluding hydrogens is 228 g/mol.